The van der Waals surface area contributed by atoms with Gasteiger partial charge in [-0.2, -0.15) is 0 Å². The summed E-state index contributed by atoms with van der Waals surface area (Å²) in [6.45, 7) is 2.07. The fourth-order valence-electron chi connectivity index (χ4n) is 1.63. The van der Waals surface area contributed by atoms with E-state index in [1.165, 1.54) is 0 Å². The summed E-state index contributed by atoms with van der Waals surface area (Å²) in [5, 5.41) is 9.57. The van der Waals surface area contributed by atoms with Gasteiger partial charge in [0.05, 0.1) is 12.5 Å². The number of β-lactam (4-membered cyclic amide) rings is 1. The predicted octanol–water partition coefficient (Wildman–Crippen LogP) is 1.37. The second kappa shape index (κ2) is 5.10. The van der Waals surface area contributed by atoms with Crippen molar-refractivity contribution in [1.29, 1.82) is 0 Å². The first-order chi connectivity index (χ1) is 6.61. The lowest BCUT2D eigenvalue weighted by molar-refractivity contribution is -0.197. The second-order valence-corrected chi connectivity index (χ2v) is 3.92. The molecule has 1 amide bonds. The Kier molecular flexibility index (Phi) is 4.07. The summed E-state index contributed by atoms with van der Waals surface area (Å²) in [6, 6.07) is 0. The molecule has 4 heteroatoms. The number of carbonyl (C=O) groups is 2. The maximum atomic E-state index is 11.0. The minimum Gasteiger partial charge on any atom is -0.300 e. The third kappa shape index (κ3) is 3.10. The van der Waals surface area contributed by atoms with Crippen molar-refractivity contribution >= 4 is 11.7 Å². The van der Waals surface area contributed by atoms with E-state index in [0.717, 1.165) is 30.7 Å². The fourth-order valence-corrected chi connectivity index (χ4v) is 1.63. The average Bonchev–Trinajstić information content (AvgIpc) is 2.15. The van der Waals surface area contributed by atoms with Gasteiger partial charge in [0.2, 0.25) is 0 Å². The molecule has 1 aliphatic rings. The van der Waals surface area contributed by atoms with E-state index in [0.29, 0.717) is 13.0 Å². The Morgan fingerprint density at radius 2 is 2.21 bits per heavy atom. The van der Waals surface area contributed by atoms with Gasteiger partial charge in [-0.15, -0.1) is 0 Å². The Hall–Kier alpha value is -0.900. The molecule has 14 heavy (non-hydrogen) atoms. The van der Waals surface area contributed by atoms with Crippen molar-refractivity contribution in [3.8, 4) is 0 Å². The number of hydroxylamine groups is 2. The zero-order chi connectivity index (χ0) is 10.6. The molecule has 0 radical (unpaired) electrons. The van der Waals surface area contributed by atoms with Gasteiger partial charge in [0.25, 0.3) is 5.91 Å². The van der Waals surface area contributed by atoms with Crippen LogP contribution in [-0.4, -0.2) is 28.5 Å². The third-order valence-electron chi connectivity index (χ3n) is 2.58. The van der Waals surface area contributed by atoms with E-state index in [-0.39, 0.29) is 17.6 Å². The molecule has 4 nitrogen and oxygen atoms in total. The Morgan fingerprint density at radius 1 is 1.50 bits per heavy atom. The number of ketones is 1. The standard InChI is InChI=1S/C10H17NO3/c1-8(12)5-3-2-4-6-9-7-11(14)10(9)13/h9,14H,2-7H2,1H3/t9-/m0/s1. The number of rotatable bonds is 6. The molecule has 80 valence electrons. The Bertz CT molecular complexity index is 227. The molecule has 0 spiro atoms. The first-order valence-electron chi connectivity index (χ1n) is 5.11. The Morgan fingerprint density at radius 3 is 2.71 bits per heavy atom. The number of unbranched alkanes of at least 4 members (excludes halogenated alkanes) is 2. The zero-order valence-electron chi connectivity index (χ0n) is 8.53. The van der Waals surface area contributed by atoms with Gasteiger partial charge in [0, 0.05) is 6.42 Å². The van der Waals surface area contributed by atoms with E-state index in [9.17, 15) is 9.59 Å². The van der Waals surface area contributed by atoms with Gasteiger partial charge >= 0.3 is 0 Å². The van der Waals surface area contributed by atoms with Gasteiger partial charge in [-0.1, -0.05) is 12.8 Å². The minimum absolute atomic E-state index is 0.0253. The molecule has 0 saturated carbocycles. The highest BCUT2D eigenvalue weighted by Crippen LogP contribution is 2.21. The van der Waals surface area contributed by atoms with E-state index in [1.807, 2.05) is 0 Å². The van der Waals surface area contributed by atoms with Gasteiger partial charge in [0.1, 0.15) is 5.78 Å². The minimum atomic E-state index is -0.156. The van der Waals surface area contributed by atoms with Crippen molar-refractivity contribution in [2.24, 2.45) is 5.92 Å². The summed E-state index contributed by atoms with van der Waals surface area (Å²) in [5.74, 6) is 0.0974. The Labute approximate surface area is 83.8 Å². The van der Waals surface area contributed by atoms with Crippen LogP contribution in [0.3, 0.4) is 0 Å². The zero-order valence-corrected chi connectivity index (χ0v) is 8.53. The van der Waals surface area contributed by atoms with Crippen LogP contribution in [0.5, 0.6) is 0 Å². The van der Waals surface area contributed by atoms with E-state index < -0.39 is 0 Å². The maximum absolute atomic E-state index is 11.0. The first kappa shape index (κ1) is 11.2. The number of carbonyl (C=O) groups excluding carboxylic acids is 2. The first-order valence-corrected chi connectivity index (χ1v) is 5.11. The highest BCUT2D eigenvalue weighted by Gasteiger charge is 2.34. The number of nitrogens with zero attached hydrogens (tertiary/aromatic N) is 1. The van der Waals surface area contributed by atoms with Crippen LogP contribution in [0.25, 0.3) is 0 Å². The summed E-state index contributed by atoms with van der Waals surface area (Å²) >= 11 is 0. The fraction of sp³-hybridized carbons (Fsp3) is 0.800. The van der Waals surface area contributed by atoms with Crippen LogP contribution in [0.15, 0.2) is 0 Å². The van der Waals surface area contributed by atoms with Crippen LogP contribution >= 0.6 is 0 Å². The topological polar surface area (TPSA) is 57.6 Å². The number of hydrogen-bond acceptors (Lipinski definition) is 3. The molecule has 0 aliphatic carbocycles. The van der Waals surface area contributed by atoms with Crippen LogP contribution in [0, 0.1) is 5.92 Å². The summed E-state index contributed by atoms with van der Waals surface area (Å²) in [6.07, 6.45) is 4.37. The van der Waals surface area contributed by atoms with E-state index in [4.69, 9.17) is 5.21 Å². The van der Waals surface area contributed by atoms with Gasteiger partial charge in [-0.25, -0.2) is 5.06 Å². The van der Waals surface area contributed by atoms with Crippen molar-refractivity contribution in [3.63, 3.8) is 0 Å². The predicted molar refractivity (Wildman–Crippen MR) is 50.8 cm³/mol. The van der Waals surface area contributed by atoms with Gasteiger partial charge in [0.15, 0.2) is 0 Å². The monoisotopic (exact) mass is 199 g/mol. The molecule has 1 heterocycles. The quantitative estimate of drug-likeness (QED) is 0.399. The molecular formula is C10H17NO3. The third-order valence-corrected chi connectivity index (χ3v) is 2.58. The van der Waals surface area contributed by atoms with Gasteiger partial charge < -0.3 is 4.79 Å². The lowest BCUT2D eigenvalue weighted by atomic mass is 9.94. The molecule has 1 aliphatic heterocycles. The van der Waals surface area contributed by atoms with Crippen molar-refractivity contribution in [2.45, 2.75) is 39.0 Å². The SMILES string of the molecule is CC(=O)CCCCC[C@H]1CN(O)C1=O. The summed E-state index contributed by atoms with van der Waals surface area (Å²) in [4.78, 5) is 21.6. The number of hydrogen-bond donors (Lipinski definition) is 1. The Balaban J connectivity index is 1.95. The van der Waals surface area contributed by atoms with Gasteiger partial charge in [-0.3, -0.25) is 10.0 Å². The molecule has 0 aromatic heterocycles. The van der Waals surface area contributed by atoms with Crippen molar-refractivity contribution in [3.05, 3.63) is 0 Å². The maximum Gasteiger partial charge on any atom is 0.250 e. The lowest BCUT2D eigenvalue weighted by Crippen LogP contribution is -2.50. The summed E-state index contributed by atoms with van der Waals surface area (Å²) in [5.41, 5.74) is 0. The van der Waals surface area contributed by atoms with E-state index >= 15 is 0 Å². The van der Waals surface area contributed by atoms with Crippen molar-refractivity contribution < 1.29 is 14.8 Å². The number of Topliss-reactive ketones (excluding diaryl/α,β-unsaturated/α-hetero) is 1. The summed E-state index contributed by atoms with van der Waals surface area (Å²) in [7, 11) is 0. The molecule has 1 atom stereocenters. The second-order valence-electron chi connectivity index (χ2n) is 3.92. The highest BCUT2D eigenvalue weighted by molar-refractivity contribution is 5.83. The van der Waals surface area contributed by atoms with Gasteiger partial charge in [-0.05, 0) is 19.8 Å². The molecular weight excluding hydrogens is 182 g/mol. The normalized spacial score (nSPS) is 20.9. The number of amides is 1. The van der Waals surface area contributed by atoms with Crippen molar-refractivity contribution in [2.75, 3.05) is 6.54 Å². The molecule has 0 aromatic carbocycles. The van der Waals surface area contributed by atoms with Crippen LogP contribution in [0.2, 0.25) is 0 Å². The van der Waals surface area contributed by atoms with Crippen LogP contribution in [0.4, 0.5) is 0 Å². The smallest absolute Gasteiger partial charge is 0.250 e. The molecule has 0 bridgehead atoms. The molecule has 1 rings (SSSR count). The molecule has 1 N–H and O–H groups in total. The lowest BCUT2D eigenvalue weighted by Gasteiger charge is -2.32. The van der Waals surface area contributed by atoms with E-state index in [2.05, 4.69) is 0 Å². The molecule has 1 saturated heterocycles. The van der Waals surface area contributed by atoms with Crippen LogP contribution in [0.1, 0.15) is 39.0 Å². The highest BCUT2D eigenvalue weighted by atomic mass is 16.5. The summed E-state index contributed by atoms with van der Waals surface area (Å²) < 4.78 is 0. The van der Waals surface area contributed by atoms with Crippen LogP contribution < -0.4 is 0 Å². The largest absolute Gasteiger partial charge is 0.300 e. The van der Waals surface area contributed by atoms with Crippen molar-refractivity contribution in [1.82, 2.24) is 5.06 Å². The average molecular weight is 199 g/mol. The molecule has 0 aromatic rings. The molecule has 0 unspecified atom stereocenters. The molecule has 1 fully saturated rings. The van der Waals surface area contributed by atoms with E-state index in [1.54, 1.807) is 6.92 Å². The van der Waals surface area contributed by atoms with Crippen LogP contribution in [-0.2, 0) is 9.59 Å².